The van der Waals surface area contributed by atoms with Gasteiger partial charge in [0.25, 0.3) is 0 Å². The quantitative estimate of drug-likeness (QED) is 0.746. The number of nitrogens with zero attached hydrogens (tertiary/aromatic N) is 4. The standard InChI is InChI=1S/C15H19IN4/c1-18-5-7-20(8-6-18)15-4-3-13(16)9-14(15)12-10-17-19(2)11-12/h3-4,9-11H,5-8H2,1-2H3. The summed E-state index contributed by atoms with van der Waals surface area (Å²) in [5.74, 6) is 0. The Labute approximate surface area is 133 Å². The Balaban J connectivity index is 1.98. The van der Waals surface area contributed by atoms with Crippen molar-refractivity contribution in [2.75, 3.05) is 38.1 Å². The minimum absolute atomic E-state index is 1.09. The molecule has 1 aromatic carbocycles. The number of aryl methyl sites for hydroxylation is 1. The predicted octanol–water partition coefficient (Wildman–Crippen LogP) is 2.44. The summed E-state index contributed by atoms with van der Waals surface area (Å²) in [5.41, 5.74) is 3.81. The van der Waals surface area contributed by atoms with Crippen molar-refractivity contribution in [3.8, 4) is 11.1 Å². The van der Waals surface area contributed by atoms with Crippen molar-refractivity contribution in [1.29, 1.82) is 0 Å². The van der Waals surface area contributed by atoms with Gasteiger partial charge in [-0.25, -0.2) is 0 Å². The van der Waals surface area contributed by atoms with Crippen molar-refractivity contribution in [2.24, 2.45) is 7.05 Å². The number of benzene rings is 1. The molecule has 2 heterocycles. The van der Waals surface area contributed by atoms with Crippen molar-refractivity contribution in [2.45, 2.75) is 0 Å². The van der Waals surface area contributed by atoms with Gasteiger partial charge >= 0.3 is 0 Å². The summed E-state index contributed by atoms with van der Waals surface area (Å²) in [4.78, 5) is 4.87. The van der Waals surface area contributed by atoms with Gasteiger partial charge in [0.1, 0.15) is 0 Å². The zero-order chi connectivity index (χ0) is 14.1. The molecule has 0 saturated carbocycles. The first-order valence-electron chi connectivity index (χ1n) is 6.85. The number of hydrogen-bond donors (Lipinski definition) is 0. The summed E-state index contributed by atoms with van der Waals surface area (Å²) in [5, 5.41) is 4.31. The SMILES string of the molecule is CN1CCN(c2ccc(I)cc2-c2cnn(C)c2)CC1. The Kier molecular flexibility index (Phi) is 3.98. The van der Waals surface area contributed by atoms with Gasteiger partial charge in [-0.2, -0.15) is 5.10 Å². The molecular formula is C15H19IN4. The second-order valence-corrected chi connectivity index (χ2v) is 6.60. The highest BCUT2D eigenvalue weighted by atomic mass is 127. The highest BCUT2D eigenvalue weighted by Crippen LogP contribution is 2.32. The molecule has 0 bridgehead atoms. The average molecular weight is 382 g/mol. The Hall–Kier alpha value is -1.08. The fraction of sp³-hybridized carbons (Fsp3) is 0.400. The third kappa shape index (κ3) is 2.83. The number of rotatable bonds is 2. The summed E-state index contributed by atoms with van der Waals surface area (Å²) in [6, 6.07) is 6.69. The summed E-state index contributed by atoms with van der Waals surface area (Å²) in [6.45, 7) is 4.42. The third-order valence-corrected chi connectivity index (χ3v) is 4.49. The molecule has 3 rings (SSSR count). The lowest BCUT2D eigenvalue weighted by atomic mass is 10.1. The largest absolute Gasteiger partial charge is 0.368 e. The van der Waals surface area contributed by atoms with Gasteiger partial charge in [0.2, 0.25) is 0 Å². The number of hydrogen-bond acceptors (Lipinski definition) is 3. The van der Waals surface area contributed by atoms with Crippen LogP contribution in [0, 0.1) is 3.57 Å². The minimum Gasteiger partial charge on any atom is -0.368 e. The lowest BCUT2D eigenvalue weighted by molar-refractivity contribution is 0.313. The lowest BCUT2D eigenvalue weighted by Crippen LogP contribution is -2.44. The van der Waals surface area contributed by atoms with Crippen LogP contribution in [-0.4, -0.2) is 47.9 Å². The van der Waals surface area contributed by atoms with Crippen LogP contribution in [0.25, 0.3) is 11.1 Å². The summed E-state index contributed by atoms with van der Waals surface area (Å²) in [6.07, 6.45) is 4.04. The lowest BCUT2D eigenvalue weighted by Gasteiger charge is -2.35. The fourth-order valence-corrected chi connectivity index (χ4v) is 3.11. The molecule has 1 aliphatic rings. The first-order chi connectivity index (χ1) is 9.63. The Morgan fingerprint density at radius 2 is 1.85 bits per heavy atom. The van der Waals surface area contributed by atoms with Crippen molar-refractivity contribution in [1.82, 2.24) is 14.7 Å². The number of likely N-dealkylation sites (N-methyl/N-ethyl adjacent to an activating group) is 1. The monoisotopic (exact) mass is 382 g/mol. The molecule has 5 heteroatoms. The molecule has 106 valence electrons. The van der Waals surface area contributed by atoms with Gasteiger partial charge in [-0.3, -0.25) is 4.68 Å². The molecule has 4 nitrogen and oxygen atoms in total. The zero-order valence-corrected chi connectivity index (χ0v) is 14.0. The van der Waals surface area contributed by atoms with E-state index in [1.165, 1.54) is 20.4 Å². The van der Waals surface area contributed by atoms with Gasteiger partial charge in [0.05, 0.1) is 6.20 Å². The van der Waals surface area contributed by atoms with Crippen LogP contribution in [0.5, 0.6) is 0 Å². The van der Waals surface area contributed by atoms with E-state index < -0.39 is 0 Å². The average Bonchev–Trinajstić information content (AvgIpc) is 2.86. The van der Waals surface area contributed by atoms with Crippen molar-refractivity contribution >= 4 is 28.3 Å². The van der Waals surface area contributed by atoms with E-state index in [1.54, 1.807) is 0 Å². The number of anilines is 1. The molecule has 1 aromatic heterocycles. The van der Waals surface area contributed by atoms with E-state index in [4.69, 9.17) is 0 Å². The van der Waals surface area contributed by atoms with Crippen LogP contribution in [0.3, 0.4) is 0 Å². The molecule has 0 N–H and O–H groups in total. The normalized spacial score (nSPS) is 16.6. The first kappa shape index (κ1) is 13.9. The predicted molar refractivity (Wildman–Crippen MR) is 91.1 cm³/mol. The van der Waals surface area contributed by atoms with E-state index in [2.05, 4.69) is 68.9 Å². The molecule has 1 aliphatic heterocycles. The molecule has 0 atom stereocenters. The number of aromatic nitrogens is 2. The van der Waals surface area contributed by atoms with E-state index in [1.807, 2.05) is 17.9 Å². The number of piperazine rings is 1. The van der Waals surface area contributed by atoms with Crippen molar-refractivity contribution in [3.05, 3.63) is 34.2 Å². The van der Waals surface area contributed by atoms with Crippen LogP contribution in [0.1, 0.15) is 0 Å². The van der Waals surface area contributed by atoms with Gasteiger partial charge in [0, 0.05) is 59.8 Å². The summed E-state index contributed by atoms with van der Waals surface area (Å²) >= 11 is 2.38. The second-order valence-electron chi connectivity index (χ2n) is 5.35. The van der Waals surface area contributed by atoms with E-state index in [-0.39, 0.29) is 0 Å². The molecule has 1 fully saturated rings. The van der Waals surface area contributed by atoms with Crippen LogP contribution >= 0.6 is 22.6 Å². The number of halogens is 1. The maximum atomic E-state index is 4.31. The molecule has 0 spiro atoms. The maximum absolute atomic E-state index is 4.31. The molecular weight excluding hydrogens is 363 g/mol. The van der Waals surface area contributed by atoms with Crippen LogP contribution < -0.4 is 4.90 Å². The summed E-state index contributed by atoms with van der Waals surface area (Å²) < 4.78 is 3.13. The Bertz CT molecular complexity index is 600. The van der Waals surface area contributed by atoms with Crippen LogP contribution in [0.2, 0.25) is 0 Å². The maximum Gasteiger partial charge on any atom is 0.0568 e. The van der Waals surface area contributed by atoms with Crippen LogP contribution in [-0.2, 0) is 7.05 Å². The van der Waals surface area contributed by atoms with Gasteiger partial charge in [-0.15, -0.1) is 0 Å². The first-order valence-corrected chi connectivity index (χ1v) is 7.93. The molecule has 0 radical (unpaired) electrons. The topological polar surface area (TPSA) is 24.3 Å². The minimum atomic E-state index is 1.09. The highest BCUT2D eigenvalue weighted by Gasteiger charge is 2.18. The highest BCUT2D eigenvalue weighted by molar-refractivity contribution is 14.1. The second kappa shape index (κ2) is 5.73. The van der Waals surface area contributed by atoms with Crippen LogP contribution in [0.4, 0.5) is 5.69 Å². The molecule has 20 heavy (non-hydrogen) atoms. The van der Waals surface area contributed by atoms with E-state index in [0.717, 1.165) is 26.2 Å². The summed E-state index contributed by atoms with van der Waals surface area (Å²) in [7, 11) is 4.15. The van der Waals surface area contributed by atoms with Crippen molar-refractivity contribution in [3.63, 3.8) is 0 Å². The molecule has 0 unspecified atom stereocenters. The van der Waals surface area contributed by atoms with Gasteiger partial charge in [-0.05, 0) is 47.8 Å². The molecule has 0 amide bonds. The zero-order valence-electron chi connectivity index (χ0n) is 11.9. The van der Waals surface area contributed by atoms with E-state index in [9.17, 15) is 0 Å². The smallest absolute Gasteiger partial charge is 0.0568 e. The molecule has 2 aromatic rings. The van der Waals surface area contributed by atoms with Gasteiger partial charge < -0.3 is 9.80 Å². The molecule has 0 aliphatic carbocycles. The van der Waals surface area contributed by atoms with Gasteiger partial charge in [0.15, 0.2) is 0 Å². The van der Waals surface area contributed by atoms with Crippen molar-refractivity contribution < 1.29 is 0 Å². The van der Waals surface area contributed by atoms with E-state index >= 15 is 0 Å². The van der Waals surface area contributed by atoms with E-state index in [0.29, 0.717) is 0 Å². The van der Waals surface area contributed by atoms with Crippen LogP contribution in [0.15, 0.2) is 30.6 Å². The Morgan fingerprint density at radius 1 is 1.10 bits per heavy atom. The fourth-order valence-electron chi connectivity index (χ4n) is 2.62. The van der Waals surface area contributed by atoms with Gasteiger partial charge in [-0.1, -0.05) is 0 Å². The molecule has 1 saturated heterocycles. The Morgan fingerprint density at radius 3 is 2.50 bits per heavy atom. The third-order valence-electron chi connectivity index (χ3n) is 3.82.